The van der Waals surface area contributed by atoms with Gasteiger partial charge in [0.05, 0.1) is 5.92 Å². The fraction of sp³-hybridized carbons (Fsp3) is 0.562. The van der Waals surface area contributed by atoms with Gasteiger partial charge in [0.1, 0.15) is 0 Å². The van der Waals surface area contributed by atoms with E-state index in [1.54, 1.807) is 0 Å². The number of carbonyl (C=O) groups is 1. The molecule has 2 nitrogen and oxygen atoms in total. The lowest BCUT2D eigenvalue weighted by Gasteiger charge is -2.30. The molecule has 0 spiro atoms. The first-order chi connectivity index (χ1) is 8.83. The summed E-state index contributed by atoms with van der Waals surface area (Å²) in [5.41, 5.74) is 1.18. The number of likely N-dealkylation sites (tertiary alicyclic amines) is 1. The lowest BCUT2D eigenvalue weighted by atomic mass is 9.92. The highest BCUT2D eigenvalue weighted by Gasteiger charge is 2.25. The van der Waals surface area contributed by atoms with Gasteiger partial charge >= 0.3 is 0 Å². The van der Waals surface area contributed by atoms with Gasteiger partial charge in [-0.25, -0.2) is 0 Å². The Bertz CT molecular complexity index is 368. The summed E-state index contributed by atoms with van der Waals surface area (Å²) in [6.07, 6.45) is 5.62. The average Bonchev–Trinajstić information content (AvgIpc) is 2.46. The predicted molar refractivity (Wildman–Crippen MR) is 74.5 cm³/mol. The third-order valence-corrected chi connectivity index (χ3v) is 3.75. The molecule has 1 aliphatic heterocycles. The van der Waals surface area contributed by atoms with Gasteiger partial charge in [-0.05, 0) is 31.2 Å². The lowest BCUT2D eigenvalue weighted by Crippen LogP contribution is -2.38. The highest BCUT2D eigenvalue weighted by Crippen LogP contribution is 2.25. The molecular formula is C16H23NO. The Morgan fingerprint density at radius 2 is 1.83 bits per heavy atom. The maximum absolute atomic E-state index is 12.6. The normalized spacial score (nSPS) is 17.5. The first kappa shape index (κ1) is 13.1. The minimum atomic E-state index is 0.0642. The molecule has 0 aliphatic carbocycles. The molecule has 2 heteroatoms. The number of rotatable bonds is 4. The van der Waals surface area contributed by atoms with Crippen LogP contribution in [0.5, 0.6) is 0 Å². The number of carbonyl (C=O) groups excluding carboxylic acids is 1. The van der Waals surface area contributed by atoms with Crippen LogP contribution in [0.15, 0.2) is 30.3 Å². The van der Waals surface area contributed by atoms with E-state index in [4.69, 9.17) is 0 Å². The van der Waals surface area contributed by atoms with Gasteiger partial charge in [0.25, 0.3) is 0 Å². The van der Waals surface area contributed by atoms with Crippen molar-refractivity contribution in [3.8, 4) is 0 Å². The molecule has 0 aromatic heterocycles. The number of hydrogen-bond donors (Lipinski definition) is 0. The smallest absolute Gasteiger partial charge is 0.230 e. The summed E-state index contributed by atoms with van der Waals surface area (Å²) >= 11 is 0. The maximum atomic E-state index is 12.6. The second-order valence-corrected chi connectivity index (χ2v) is 5.14. The van der Waals surface area contributed by atoms with E-state index in [9.17, 15) is 4.79 Å². The maximum Gasteiger partial charge on any atom is 0.230 e. The Morgan fingerprint density at radius 3 is 2.44 bits per heavy atom. The second kappa shape index (κ2) is 6.58. The van der Waals surface area contributed by atoms with Crippen molar-refractivity contribution in [2.45, 2.75) is 44.9 Å². The van der Waals surface area contributed by atoms with Crippen molar-refractivity contribution in [1.82, 2.24) is 4.90 Å². The van der Waals surface area contributed by atoms with Crippen molar-refractivity contribution in [2.75, 3.05) is 13.1 Å². The second-order valence-electron chi connectivity index (χ2n) is 5.14. The van der Waals surface area contributed by atoms with Gasteiger partial charge in [0, 0.05) is 13.1 Å². The third-order valence-electron chi connectivity index (χ3n) is 3.75. The predicted octanol–water partition coefficient (Wildman–Crippen LogP) is 3.58. The van der Waals surface area contributed by atoms with E-state index in [1.807, 2.05) is 18.2 Å². The Labute approximate surface area is 110 Å². The van der Waals surface area contributed by atoms with Gasteiger partial charge in [0.2, 0.25) is 5.91 Å². The molecule has 1 aromatic carbocycles. The Kier molecular flexibility index (Phi) is 4.80. The van der Waals surface area contributed by atoms with Crippen LogP contribution < -0.4 is 0 Å². The zero-order chi connectivity index (χ0) is 12.8. The van der Waals surface area contributed by atoms with Crippen molar-refractivity contribution in [1.29, 1.82) is 0 Å². The number of amides is 1. The van der Waals surface area contributed by atoms with E-state index in [2.05, 4.69) is 24.0 Å². The van der Waals surface area contributed by atoms with E-state index in [-0.39, 0.29) is 5.92 Å². The molecule has 0 radical (unpaired) electrons. The van der Waals surface area contributed by atoms with Crippen LogP contribution in [0.4, 0.5) is 0 Å². The molecule has 18 heavy (non-hydrogen) atoms. The van der Waals surface area contributed by atoms with Gasteiger partial charge in [-0.1, -0.05) is 43.7 Å². The molecule has 1 unspecified atom stereocenters. The van der Waals surface area contributed by atoms with E-state index in [0.29, 0.717) is 5.91 Å². The van der Waals surface area contributed by atoms with E-state index < -0.39 is 0 Å². The molecule has 1 atom stereocenters. The Balaban J connectivity index is 2.11. The number of benzene rings is 1. The summed E-state index contributed by atoms with van der Waals surface area (Å²) in [5, 5.41) is 0. The van der Waals surface area contributed by atoms with Gasteiger partial charge in [0.15, 0.2) is 0 Å². The summed E-state index contributed by atoms with van der Waals surface area (Å²) in [6, 6.07) is 10.2. The van der Waals surface area contributed by atoms with E-state index >= 15 is 0 Å². The molecular weight excluding hydrogens is 222 g/mol. The Hall–Kier alpha value is -1.31. The van der Waals surface area contributed by atoms with Crippen molar-refractivity contribution in [3.63, 3.8) is 0 Å². The minimum Gasteiger partial charge on any atom is -0.342 e. The van der Waals surface area contributed by atoms with Gasteiger partial charge in [-0.2, -0.15) is 0 Å². The summed E-state index contributed by atoms with van der Waals surface area (Å²) in [7, 11) is 0. The van der Waals surface area contributed by atoms with Gasteiger partial charge in [-0.3, -0.25) is 4.79 Å². The minimum absolute atomic E-state index is 0.0642. The molecule has 1 fully saturated rings. The van der Waals surface area contributed by atoms with Crippen molar-refractivity contribution >= 4 is 5.91 Å². The summed E-state index contributed by atoms with van der Waals surface area (Å²) in [6.45, 7) is 4.05. The van der Waals surface area contributed by atoms with E-state index in [0.717, 1.165) is 25.9 Å². The largest absolute Gasteiger partial charge is 0.342 e. The number of nitrogens with zero attached hydrogens (tertiary/aromatic N) is 1. The molecule has 0 saturated carbocycles. The molecule has 0 N–H and O–H groups in total. The first-order valence-corrected chi connectivity index (χ1v) is 7.16. The SMILES string of the molecule is CCCC(C(=O)N1CCCCC1)c1ccccc1. The van der Waals surface area contributed by atoms with Crippen LogP contribution in [0.1, 0.15) is 50.5 Å². The molecule has 0 bridgehead atoms. The molecule has 1 aliphatic rings. The third kappa shape index (κ3) is 3.12. The zero-order valence-corrected chi connectivity index (χ0v) is 11.3. The topological polar surface area (TPSA) is 20.3 Å². The van der Waals surface area contributed by atoms with Crippen LogP contribution in [0.25, 0.3) is 0 Å². The van der Waals surface area contributed by atoms with Gasteiger partial charge < -0.3 is 4.90 Å². The quantitative estimate of drug-likeness (QED) is 0.794. The first-order valence-electron chi connectivity index (χ1n) is 7.16. The van der Waals surface area contributed by atoms with Crippen LogP contribution in [0.2, 0.25) is 0 Å². The van der Waals surface area contributed by atoms with Crippen LogP contribution in [0, 0.1) is 0 Å². The molecule has 1 aromatic rings. The molecule has 1 heterocycles. The number of hydrogen-bond acceptors (Lipinski definition) is 1. The van der Waals surface area contributed by atoms with Crippen molar-refractivity contribution in [3.05, 3.63) is 35.9 Å². The summed E-state index contributed by atoms with van der Waals surface area (Å²) in [4.78, 5) is 14.7. The van der Waals surface area contributed by atoms with Crippen molar-refractivity contribution < 1.29 is 4.79 Å². The van der Waals surface area contributed by atoms with E-state index in [1.165, 1.54) is 24.8 Å². The fourth-order valence-corrected chi connectivity index (χ4v) is 2.74. The number of piperidine rings is 1. The monoisotopic (exact) mass is 245 g/mol. The molecule has 2 rings (SSSR count). The molecule has 1 amide bonds. The fourth-order valence-electron chi connectivity index (χ4n) is 2.74. The standard InChI is InChI=1S/C16H23NO/c1-2-9-15(14-10-5-3-6-11-14)16(18)17-12-7-4-8-13-17/h3,5-6,10-11,15H,2,4,7-9,12-13H2,1H3. The Morgan fingerprint density at radius 1 is 1.17 bits per heavy atom. The average molecular weight is 245 g/mol. The van der Waals surface area contributed by atoms with Crippen molar-refractivity contribution in [2.24, 2.45) is 0 Å². The van der Waals surface area contributed by atoms with Crippen LogP contribution >= 0.6 is 0 Å². The highest BCUT2D eigenvalue weighted by atomic mass is 16.2. The summed E-state index contributed by atoms with van der Waals surface area (Å²) in [5.74, 6) is 0.400. The van der Waals surface area contributed by atoms with Crippen LogP contribution in [-0.4, -0.2) is 23.9 Å². The van der Waals surface area contributed by atoms with Crippen LogP contribution in [-0.2, 0) is 4.79 Å². The van der Waals surface area contributed by atoms with Crippen LogP contribution in [0.3, 0.4) is 0 Å². The summed E-state index contributed by atoms with van der Waals surface area (Å²) < 4.78 is 0. The molecule has 1 saturated heterocycles. The zero-order valence-electron chi connectivity index (χ0n) is 11.3. The van der Waals surface area contributed by atoms with Gasteiger partial charge in [-0.15, -0.1) is 0 Å². The molecule has 98 valence electrons. The highest BCUT2D eigenvalue weighted by molar-refractivity contribution is 5.83. The lowest BCUT2D eigenvalue weighted by molar-refractivity contribution is -0.133.